The van der Waals surface area contributed by atoms with Gasteiger partial charge in [0.25, 0.3) is 0 Å². The molecule has 0 radical (unpaired) electrons. The van der Waals surface area contributed by atoms with Gasteiger partial charge in [-0.15, -0.1) is 0 Å². The maximum Gasteiger partial charge on any atom is 0.167 e. The highest BCUT2D eigenvalue weighted by Gasteiger charge is 2.25. The van der Waals surface area contributed by atoms with Crippen LogP contribution in [0.15, 0.2) is 37.3 Å². The van der Waals surface area contributed by atoms with E-state index < -0.39 is 5.82 Å². The first kappa shape index (κ1) is 20.9. The topological polar surface area (TPSA) is 83.8 Å². The molecule has 0 saturated carbocycles. The van der Waals surface area contributed by atoms with Crippen LogP contribution >= 0.6 is 0 Å². The maximum absolute atomic E-state index is 13.9. The van der Waals surface area contributed by atoms with Gasteiger partial charge in [-0.2, -0.15) is 9.61 Å². The Morgan fingerprint density at radius 2 is 2.15 bits per heavy atom. The molecular weight excluding hydrogens is 429 g/mol. The molecule has 0 saturated heterocycles. The minimum atomic E-state index is -0.420. The van der Waals surface area contributed by atoms with Gasteiger partial charge in [0.1, 0.15) is 11.6 Å². The molecule has 6 rings (SSSR count). The first-order valence-electron chi connectivity index (χ1n) is 11.7. The number of hydrogen-bond donors (Lipinski definition) is 2. The molecule has 4 aromatic heterocycles. The normalized spacial score (nSPS) is 17.1. The van der Waals surface area contributed by atoms with E-state index in [0.29, 0.717) is 29.6 Å². The van der Waals surface area contributed by atoms with E-state index in [4.69, 9.17) is 4.98 Å². The van der Waals surface area contributed by atoms with Gasteiger partial charge in [0.15, 0.2) is 11.5 Å². The smallest absolute Gasteiger partial charge is 0.167 e. The Balaban J connectivity index is 1.31. The third-order valence-electron chi connectivity index (χ3n) is 6.76. The number of nitrogens with one attached hydrogen (secondary N) is 2. The van der Waals surface area contributed by atoms with Crippen LogP contribution in [0.4, 0.5) is 4.39 Å². The van der Waals surface area contributed by atoms with Gasteiger partial charge in [-0.05, 0) is 61.8 Å². The fourth-order valence-corrected chi connectivity index (χ4v) is 5.03. The molecule has 0 aromatic carbocycles. The van der Waals surface area contributed by atoms with Crippen molar-refractivity contribution in [1.82, 2.24) is 34.9 Å². The summed E-state index contributed by atoms with van der Waals surface area (Å²) in [5.41, 5.74) is 8.50. The van der Waals surface area contributed by atoms with Gasteiger partial charge >= 0.3 is 0 Å². The third kappa shape index (κ3) is 3.64. The molecule has 0 amide bonds. The van der Waals surface area contributed by atoms with Crippen LogP contribution in [0.25, 0.3) is 28.7 Å². The summed E-state index contributed by atoms with van der Waals surface area (Å²) in [7, 11) is 0. The van der Waals surface area contributed by atoms with Crippen LogP contribution < -0.4 is 5.32 Å². The molecule has 0 aliphatic heterocycles. The van der Waals surface area contributed by atoms with Crippen molar-refractivity contribution >= 4 is 17.3 Å². The van der Waals surface area contributed by atoms with Gasteiger partial charge in [0.2, 0.25) is 0 Å². The van der Waals surface area contributed by atoms with Crippen LogP contribution in [0, 0.1) is 5.82 Å². The summed E-state index contributed by atoms with van der Waals surface area (Å²) in [5.74, 6) is 0.727. The van der Waals surface area contributed by atoms with E-state index in [1.807, 2.05) is 6.92 Å². The summed E-state index contributed by atoms with van der Waals surface area (Å²) < 4.78 is 15.6. The molecule has 4 heterocycles. The second-order valence-corrected chi connectivity index (χ2v) is 9.17. The number of rotatable bonds is 5. The van der Waals surface area contributed by atoms with Gasteiger partial charge in [-0.3, -0.25) is 4.98 Å². The number of hydrogen-bond acceptors (Lipinski definition) is 5. The molecule has 2 N–H and O–H groups in total. The van der Waals surface area contributed by atoms with Crippen molar-refractivity contribution in [3.05, 3.63) is 77.0 Å². The molecule has 0 unspecified atom stereocenters. The standard InChI is InChI=1S/C26H26FN7/c1-15(2)21-13-30-34-24(32-25(33-26(21)34)16-9-17(27)12-28-11-16)14-29-18-7-8-23-20(10-18)19-5-3-4-6-22(19)31-23/h3,5,9,11-13,18,29,31H,1,4,6-8,10,14H2,2H3/t18-/m1/s1. The lowest BCUT2D eigenvalue weighted by Crippen LogP contribution is -2.35. The molecule has 0 bridgehead atoms. The SMILES string of the molecule is C=C(C)c1cnn2c(CN[C@@H]3CCc4[nH]c5c(c4C3)C=CCC5)nc(-c3cncc(F)c3)nc12. The number of halogens is 1. The van der Waals surface area contributed by atoms with Crippen LogP contribution in [0.3, 0.4) is 0 Å². The molecule has 8 heteroatoms. The zero-order chi connectivity index (χ0) is 23.2. The van der Waals surface area contributed by atoms with Crippen LogP contribution in [0.1, 0.15) is 53.7 Å². The minimum Gasteiger partial charge on any atom is -0.362 e. The van der Waals surface area contributed by atoms with E-state index in [1.54, 1.807) is 16.9 Å². The molecule has 7 nitrogen and oxygen atoms in total. The van der Waals surface area contributed by atoms with Crippen LogP contribution in [-0.4, -0.2) is 35.6 Å². The van der Waals surface area contributed by atoms with Crippen molar-refractivity contribution in [3.8, 4) is 11.4 Å². The molecule has 4 aromatic rings. The van der Waals surface area contributed by atoms with Gasteiger partial charge in [0.05, 0.1) is 18.9 Å². The molecule has 0 spiro atoms. The number of aryl methyl sites for hydroxylation is 2. The van der Waals surface area contributed by atoms with Gasteiger partial charge in [-0.25, -0.2) is 14.4 Å². The van der Waals surface area contributed by atoms with E-state index in [0.717, 1.165) is 49.1 Å². The second-order valence-electron chi connectivity index (χ2n) is 9.17. The van der Waals surface area contributed by atoms with E-state index in [2.05, 4.69) is 44.1 Å². The summed E-state index contributed by atoms with van der Waals surface area (Å²) >= 11 is 0. The van der Waals surface area contributed by atoms with E-state index in [1.165, 1.54) is 34.8 Å². The van der Waals surface area contributed by atoms with E-state index in [9.17, 15) is 4.39 Å². The average Bonchev–Trinajstić information content (AvgIpc) is 3.44. The van der Waals surface area contributed by atoms with Crippen molar-refractivity contribution in [2.24, 2.45) is 0 Å². The predicted octanol–water partition coefficient (Wildman–Crippen LogP) is 4.29. The number of allylic oxidation sites excluding steroid dienone is 2. The Morgan fingerprint density at radius 1 is 1.24 bits per heavy atom. The number of pyridine rings is 1. The Hall–Kier alpha value is -3.65. The summed E-state index contributed by atoms with van der Waals surface area (Å²) in [4.78, 5) is 17.0. The molecule has 172 valence electrons. The molecule has 2 aliphatic rings. The first-order chi connectivity index (χ1) is 16.6. The lowest BCUT2D eigenvalue weighted by Gasteiger charge is -2.24. The lowest BCUT2D eigenvalue weighted by molar-refractivity contribution is 0.446. The second kappa shape index (κ2) is 8.29. The average molecular weight is 456 g/mol. The highest BCUT2D eigenvalue weighted by atomic mass is 19.1. The fourth-order valence-electron chi connectivity index (χ4n) is 5.03. The summed E-state index contributed by atoms with van der Waals surface area (Å²) in [6.45, 7) is 6.50. The Kier molecular flexibility index (Phi) is 5.10. The zero-order valence-electron chi connectivity index (χ0n) is 19.1. The number of fused-ring (bicyclic) bond motifs is 4. The van der Waals surface area contributed by atoms with Crippen molar-refractivity contribution in [3.63, 3.8) is 0 Å². The van der Waals surface area contributed by atoms with E-state index >= 15 is 0 Å². The van der Waals surface area contributed by atoms with Crippen molar-refractivity contribution < 1.29 is 4.39 Å². The predicted molar refractivity (Wildman–Crippen MR) is 129 cm³/mol. The third-order valence-corrected chi connectivity index (χ3v) is 6.76. The Morgan fingerprint density at radius 3 is 3.00 bits per heavy atom. The first-order valence-corrected chi connectivity index (χ1v) is 11.7. The minimum absolute atomic E-state index is 0.336. The highest BCUT2D eigenvalue weighted by Crippen LogP contribution is 2.31. The van der Waals surface area contributed by atoms with Crippen LogP contribution in [0.5, 0.6) is 0 Å². The monoisotopic (exact) mass is 455 g/mol. The van der Waals surface area contributed by atoms with Gasteiger partial charge in [-0.1, -0.05) is 18.7 Å². The molecule has 0 fully saturated rings. The number of aromatic nitrogens is 6. The largest absolute Gasteiger partial charge is 0.362 e. The Bertz CT molecular complexity index is 1450. The van der Waals surface area contributed by atoms with Crippen LogP contribution in [-0.2, 0) is 25.8 Å². The maximum atomic E-state index is 13.9. The summed E-state index contributed by atoms with van der Waals surface area (Å²) in [5, 5.41) is 8.22. The molecule has 34 heavy (non-hydrogen) atoms. The van der Waals surface area contributed by atoms with E-state index in [-0.39, 0.29) is 0 Å². The lowest BCUT2D eigenvalue weighted by atomic mass is 9.89. The number of nitrogens with zero attached hydrogens (tertiary/aromatic N) is 5. The highest BCUT2D eigenvalue weighted by molar-refractivity contribution is 5.74. The quantitative estimate of drug-likeness (QED) is 0.469. The fraction of sp³-hybridized carbons (Fsp3) is 0.308. The Labute approximate surface area is 196 Å². The van der Waals surface area contributed by atoms with Crippen molar-refractivity contribution in [2.75, 3.05) is 0 Å². The van der Waals surface area contributed by atoms with Gasteiger partial charge < -0.3 is 10.3 Å². The van der Waals surface area contributed by atoms with Crippen LogP contribution in [0.2, 0.25) is 0 Å². The molecule has 2 aliphatic carbocycles. The molecular formula is C26H26FN7. The zero-order valence-corrected chi connectivity index (χ0v) is 19.1. The van der Waals surface area contributed by atoms with Crippen molar-refractivity contribution in [1.29, 1.82) is 0 Å². The number of aromatic amines is 1. The summed E-state index contributed by atoms with van der Waals surface area (Å²) in [6.07, 6.45) is 14.3. The summed E-state index contributed by atoms with van der Waals surface area (Å²) in [6, 6.07) is 1.74. The van der Waals surface area contributed by atoms with Gasteiger partial charge in [0, 0.05) is 34.8 Å². The number of H-pyrrole nitrogens is 1. The van der Waals surface area contributed by atoms with Crippen molar-refractivity contribution in [2.45, 2.75) is 51.6 Å². The molecule has 1 atom stereocenters.